The van der Waals surface area contributed by atoms with E-state index in [0.717, 1.165) is 38.5 Å². The summed E-state index contributed by atoms with van der Waals surface area (Å²) in [4.78, 5) is 23.4. The number of hydrazone groups is 2. The van der Waals surface area contributed by atoms with Crippen LogP contribution in [-0.4, -0.2) is 24.2 Å². The van der Waals surface area contributed by atoms with Crippen LogP contribution in [0.1, 0.15) is 57.8 Å². The summed E-state index contributed by atoms with van der Waals surface area (Å²) in [5.74, 6) is 0.503. The Hall–Kier alpha value is -2.24. The Kier molecular flexibility index (Phi) is 8.66. The Morgan fingerprint density at radius 3 is 1.72 bits per heavy atom. The van der Waals surface area contributed by atoms with Gasteiger partial charge in [0.2, 0.25) is 11.8 Å². The second-order valence-corrected chi connectivity index (χ2v) is 6.57. The molecule has 2 aliphatic carbocycles. The van der Waals surface area contributed by atoms with Gasteiger partial charge in [0.1, 0.15) is 0 Å². The van der Waals surface area contributed by atoms with Crippen LogP contribution in [0, 0.1) is 11.8 Å². The van der Waals surface area contributed by atoms with Crippen LogP contribution in [0.25, 0.3) is 0 Å². The summed E-state index contributed by atoms with van der Waals surface area (Å²) in [7, 11) is 0. The van der Waals surface area contributed by atoms with Gasteiger partial charge in [0.05, 0.1) is 0 Å². The highest BCUT2D eigenvalue weighted by Crippen LogP contribution is 2.16. The summed E-state index contributed by atoms with van der Waals surface area (Å²) in [6.45, 7) is 0. The average Bonchev–Trinajstić information content (AvgIpc) is 2.63. The lowest BCUT2D eigenvalue weighted by Crippen LogP contribution is -2.21. The lowest BCUT2D eigenvalue weighted by atomic mass is 9.96. The summed E-state index contributed by atoms with van der Waals surface area (Å²) in [6, 6.07) is 0. The first-order valence-corrected chi connectivity index (χ1v) is 9.18. The largest absolute Gasteiger partial charge is 0.273 e. The van der Waals surface area contributed by atoms with Gasteiger partial charge >= 0.3 is 0 Å². The molecule has 0 aromatic heterocycles. The molecule has 0 saturated heterocycles. The fraction of sp³-hybridized carbons (Fsp3) is 0.579. The van der Waals surface area contributed by atoms with Gasteiger partial charge in [-0.3, -0.25) is 9.59 Å². The molecule has 0 fully saturated rings. The van der Waals surface area contributed by atoms with Crippen LogP contribution in [0.15, 0.2) is 34.5 Å². The van der Waals surface area contributed by atoms with Crippen molar-refractivity contribution in [3.05, 3.63) is 24.3 Å². The predicted octanol–water partition coefficient (Wildman–Crippen LogP) is 3.07. The smallest absolute Gasteiger partial charge is 0.240 e. The van der Waals surface area contributed by atoms with Crippen LogP contribution in [0.2, 0.25) is 0 Å². The molecule has 2 aliphatic rings. The van der Waals surface area contributed by atoms with Crippen LogP contribution in [0.4, 0.5) is 0 Å². The molecule has 6 heteroatoms. The molecule has 25 heavy (non-hydrogen) atoms. The molecule has 136 valence electrons. The maximum absolute atomic E-state index is 11.7. The van der Waals surface area contributed by atoms with Gasteiger partial charge in [-0.05, 0) is 56.8 Å². The van der Waals surface area contributed by atoms with Gasteiger partial charge in [0, 0.05) is 25.3 Å². The summed E-state index contributed by atoms with van der Waals surface area (Å²) in [5.41, 5.74) is 5.06. The van der Waals surface area contributed by atoms with Crippen molar-refractivity contribution in [2.45, 2.75) is 57.8 Å². The van der Waals surface area contributed by atoms with Crippen LogP contribution in [-0.2, 0) is 9.59 Å². The van der Waals surface area contributed by atoms with Gasteiger partial charge in [-0.1, -0.05) is 24.3 Å². The maximum atomic E-state index is 11.7. The SMILES string of the molecule is O=C(CCCC(=O)N/N=C\[C@H]1CC=CCC1)N/N=C\[C@@H]1CC=CCC1. The van der Waals surface area contributed by atoms with Gasteiger partial charge < -0.3 is 0 Å². The topological polar surface area (TPSA) is 82.9 Å². The number of rotatable bonds is 8. The molecule has 2 atom stereocenters. The Bertz CT molecular complexity index is 504. The number of carbonyl (C=O) groups is 2. The number of amides is 2. The third-order valence-corrected chi connectivity index (χ3v) is 4.38. The molecule has 0 aliphatic heterocycles. The number of allylic oxidation sites excluding steroid dienone is 4. The summed E-state index contributed by atoms with van der Waals surface area (Å²) < 4.78 is 0. The van der Waals surface area contributed by atoms with Crippen molar-refractivity contribution in [2.24, 2.45) is 22.0 Å². The van der Waals surface area contributed by atoms with Gasteiger partial charge in [-0.2, -0.15) is 10.2 Å². The Balaban J connectivity index is 1.52. The number of hydrogen-bond acceptors (Lipinski definition) is 4. The zero-order valence-electron chi connectivity index (χ0n) is 14.7. The first kappa shape index (κ1) is 19.1. The van der Waals surface area contributed by atoms with Crippen LogP contribution in [0.5, 0.6) is 0 Å². The number of nitrogens with zero attached hydrogens (tertiary/aromatic N) is 2. The first-order valence-electron chi connectivity index (χ1n) is 9.18. The van der Waals surface area contributed by atoms with Crippen molar-refractivity contribution in [1.82, 2.24) is 10.9 Å². The van der Waals surface area contributed by atoms with E-state index in [-0.39, 0.29) is 24.7 Å². The highest BCUT2D eigenvalue weighted by atomic mass is 16.2. The quantitative estimate of drug-likeness (QED) is 0.403. The molecular formula is C19H28N4O2. The van der Waals surface area contributed by atoms with E-state index in [9.17, 15) is 9.59 Å². The van der Waals surface area contributed by atoms with E-state index in [1.54, 1.807) is 0 Å². The molecule has 0 heterocycles. The van der Waals surface area contributed by atoms with Gasteiger partial charge in [-0.15, -0.1) is 0 Å². The van der Waals surface area contributed by atoms with E-state index >= 15 is 0 Å². The van der Waals surface area contributed by atoms with Crippen molar-refractivity contribution in [3.63, 3.8) is 0 Å². The molecule has 6 nitrogen and oxygen atoms in total. The molecule has 0 saturated carbocycles. The zero-order valence-corrected chi connectivity index (χ0v) is 14.7. The molecular weight excluding hydrogens is 316 g/mol. The first-order chi connectivity index (χ1) is 12.2. The predicted molar refractivity (Wildman–Crippen MR) is 100 cm³/mol. The molecule has 2 rings (SSSR count). The van der Waals surface area contributed by atoms with E-state index in [1.807, 2.05) is 12.4 Å². The Morgan fingerprint density at radius 2 is 1.32 bits per heavy atom. The average molecular weight is 344 g/mol. The third kappa shape index (κ3) is 8.42. The van der Waals surface area contributed by atoms with E-state index in [4.69, 9.17) is 0 Å². The molecule has 0 spiro atoms. The van der Waals surface area contributed by atoms with Crippen molar-refractivity contribution in [1.29, 1.82) is 0 Å². The summed E-state index contributed by atoms with van der Waals surface area (Å²) in [6.07, 6.45) is 19.6. The highest BCUT2D eigenvalue weighted by molar-refractivity contribution is 5.79. The molecule has 0 unspecified atom stereocenters. The fourth-order valence-electron chi connectivity index (χ4n) is 2.86. The summed E-state index contributed by atoms with van der Waals surface area (Å²) in [5, 5.41) is 8.01. The summed E-state index contributed by atoms with van der Waals surface area (Å²) >= 11 is 0. The standard InChI is InChI=1S/C19H28N4O2/c24-18(22-20-14-16-8-3-1-4-9-16)12-7-13-19(25)23-21-15-17-10-5-2-6-11-17/h1-3,5,14-17H,4,6-13H2,(H,22,24)(H,23,25)/b20-14-,21-15-/t16-,17+. The molecule has 0 radical (unpaired) electrons. The van der Waals surface area contributed by atoms with Crippen molar-refractivity contribution < 1.29 is 9.59 Å². The normalized spacial score (nSPS) is 23.2. The van der Waals surface area contributed by atoms with Gasteiger partial charge in [0.15, 0.2) is 0 Å². The monoisotopic (exact) mass is 344 g/mol. The minimum Gasteiger partial charge on any atom is -0.273 e. The zero-order chi connectivity index (χ0) is 17.7. The van der Waals surface area contributed by atoms with Crippen LogP contribution >= 0.6 is 0 Å². The minimum atomic E-state index is -0.159. The number of nitrogens with one attached hydrogen (secondary N) is 2. The van der Waals surface area contributed by atoms with E-state index in [2.05, 4.69) is 45.4 Å². The molecule has 2 N–H and O–H groups in total. The van der Waals surface area contributed by atoms with Gasteiger partial charge in [-0.25, -0.2) is 10.9 Å². The number of carbonyl (C=O) groups excluding carboxylic acids is 2. The molecule has 0 bridgehead atoms. The van der Waals surface area contributed by atoms with Crippen molar-refractivity contribution >= 4 is 24.2 Å². The Labute approximate surface area is 149 Å². The third-order valence-electron chi connectivity index (χ3n) is 4.38. The van der Waals surface area contributed by atoms with Crippen LogP contribution < -0.4 is 10.9 Å². The number of hydrogen-bond donors (Lipinski definition) is 2. The highest BCUT2D eigenvalue weighted by Gasteiger charge is 2.08. The van der Waals surface area contributed by atoms with E-state index < -0.39 is 0 Å². The fourth-order valence-corrected chi connectivity index (χ4v) is 2.86. The van der Waals surface area contributed by atoms with E-state index in [0.29, 0.717) is 18.3 Å². The van der Waals surface area contributed by atoms with Crippen molar-refractivity contribution in [2.75, 3.05) is 0 Å². The van der Waals surface area contributed by atoms with Gasteiger partial charge in [0.25, 0.3) is 0 Å². The van der Waals surface area contributed by atoms with E-state index in [1.165, 1.54) is 0 Å². The Morgan fingerprint density at radius 1 is 0.840 bits per heavy atom. The lowest BCUT2D eigenvalue weighted by molar-refractivity contribution is -0.122. The lowest BCUT2D eigenvalue weighted by Gasteiger charge is -2.11. The molecule has 0 aromatic rings. The molecule has 2 amide bonds. The second kappa shape index (κ2) is 11.3. The minimum absolute atomic E-state index is 0.159. The molecule has 0 aromatic carbocycles. The van der Waals surface area contributed by atoms with Crippen molar-refractivity contribution in [3.8, 4) is 0 Å². The maximum Gasteiger partial charge on any atom is 0.240 e. The van der Waals surface area contributed by atoms with Crippen LogP contribution in [0.3, 0.4) is 0 Å². The second-order valence-electron chi connectivity index (χ2n) is 6.57.